The second kappa shape index (κ2) is 5.46. The van der Waals surface area contributed by atoms with E-state index in [1.165, 1.54) is 6.07 Å². The van der Waals surface area contributed by atoms with E-state index in [1.54, 1.807) is 30.7 Å². The smallest absolute Gasteiger partial charge is 0.274 e. The Hall–Kier alpha value is -2.14. The molecule has 0 aliphatic heterocycles. The van der Waals surface area contributed by atoms with Crippen LogP contribution in [0.2, 0.25) is 0 Å². The number of hydrogen-bond donors (Lipinski definition) is 1. The van der Waals surface area contributed by atoms with E-state index in [0.717, 1.165) is 5.56 Å². The Bertz CT molecular complexity index is 523. The first-order valence-electron chi connectivity index (χ1n) is 5.66. The van der Waals surface area contributed by atoms with Crippen LogP contribution < -0.4 is 5.32 Å². The predicted octanol–water partition coefficient (Wildman–Crippen LogP) is 3.04. The second-order valence-corrected chi connectivity index (χ2v) is 4.05. The molecule has 0 bridgehead atoms. The molecule has 2 aromatic rings. The van der Waals surface area contributed by atoms with Crippen LogP contribution in [0.3, 0.4) is 0 Å². The van der Waals surface area contributed by atoms with Gasteiger partial charge in [-0.05, 0) is 13.0 Å². The molecule has 94 valence electrons. The van der Waals surface area contributed by atoms with Gasteiger partial charge < -0.3 is 9.73 Å². The van der Waals surface area contributed by atoms with Crippen LogP contribution in [-0.4, -0.2) is 4.92 Å². The highest BCUT2D eigenvalue weighted by molar-refractivity contribution is 5.41. The summed E-state index contributed by atoms with van der Waals surface area (Å²) in [6.07, 6.45) is 3.26. The van der Waals surface area contributed by atoms with Crippen LogP contribution in [0.4, 0.5) is 5.69 Å². The first-order chi connectivity index (χ1) is 8.68. The number of nitro benzene ring substituents is 1. The van der Waals surface area contributed by atoms with Crippen LogP contribution in [0.15, 0.2) is 47.3 Å². The van der Waals surface area contributed by atoms with Crippen LogP contribution in [-0.2, 0) is 6.54 Å². The van der Waals surface area contributed by atoms with Crippen LogP contribution >= 0.6 is 0 Å². The largest absolute Gasteiger partial charge is 0.472 e. The van der Waals surface area contributed by atoms with Crippen molar-refractivity contribution in [3.8, 4) is 0 Å². The van der Waals surface area contributed by atoms with Gasteiger partial charge in [0.1, 0.15) is 0 Å². The Morgan fingerprint density at radius 1 is 1.39 bits per heavy atom. The van der Waals surface area contributed by atoms with Crippen molar-refractivity contribution in [3.63, 3.8) is 0 Å². The molecule has 5 nitrogen and oxygen atoms in total. The zero-order chi connectivity index (χ0) is 13.0. The van der Waals surface area contributed by atoms with Crippen molar-refractivity contribution in [2.75, 3.05) is 0 Å². The van der Waals surface area contributed by atoms with Crippen LogP contribution in [0, 0.1) is 10.1 Å². The van der Waals surface area contributed by atoms with Gasteiger partial charge >= 0.3 is 0 Å². The van der Waals surface area contributed by atoms with Crippen molar-refractivity contribution < 1.29 is 9.34 Å². The lowest BCUT2D eigenvalue weighted by atomic mass is 10.1. The quantitative estimate of drug-likeness (QED) is 0.650. The van der Waals surface area contributed by atoms with Crippen molar-refractivity contribution in [1.82, 2.24) is 5.32 Å². The lowest BCUT2D eigenvalue weighted by molar-refractivity contribution is -0.385. The Morgan fingerprint density at radius 3 is 2.83 bits per heavy atom. The molecular weight excluding hydrogens is 232 g/mol. The van der Waals surface area contributed by atoms with Gasteiger partial charge in [0, 0.05) is 29.8 Å². The zero-order valence-electron chi connectivity index (χ0n) is 10.00. The van der Waals surface area contributed by atoms with Crippen LogP contribution in [0.1, 0.15) is 24.1 Å². The predicted molar refractivity (Wildman–Crippen MR) is 67.1 cm³/mol. The van der Waals surface area contributed by atoms with E-state index in [9.17, 15) is 10.1 Å². The number of para-hydroxylation sites is 1. The molecule has 1 aromatic carbocycles. The van der Waals surface area contributed by atoms with Crippen molar-refractivity contribution in [2.24, 2.45) is 0 Å². The van der Waals surface area contributed by atoms with Crippen LogP contribution in [0.5, 0.6) is 0 Å². The van der Waals surface area contributed by atoms with E-state index >= 15 is 0 Å². The minimum atomic E-state index is -0.356. The first kappa shape index (κ1) is 12.3. The van der Waals surface area contributed by atoms with Crippen molar-refractivity contribution in [3.05, 3.63) is 64.1 Å². The molecule has 1 aromatic heterocycles. The van der Waals surface area contributed by atoms with Gasteiger partial charge in [-0.3, -0.25) is 10.1 Å². The maximum atomic E-state index is 10.9. The molecule has 0 aliphatic rings. The third kappa shape index (κ3) is 2.75. The molecule has 1 unspecified atom stereocenters. The van der Waals surface area contributed by atoms with Gasteiger partial charge in [-0.1, -0.05) is 18.2 Å². The molecule has 0 spiro atoms. The van der Waals surface area contributed by atoms with Crippen molar-refractivity contribution >= 4 is 5.69 Å². The van der Waals surface area contributed by atoms with E-state index in [2.05, 4.69) is 5.32 Å². The Morgan fingerprint density at radius 2 is 2.17 bits per heavy atom. The molecule has 1 heterocycles. The molecule has 18 heavy (non-hydrogen) atoms. The van der Waals surface area contributed by atoms with E-state index in [4.69, 9.17) is 4.42 Å². The van der Waals surface area contributed by atoms with Crippen LogP contribution in [0.25, 0.3) is 0 Å². The van der Waals surface area contributed by atoms with Gasteiger partial charge in [0.2, 0.25) is 0 Å². The minimum absolute atomic E-state index is 0.0958. The number of hydrogen-bond acceptors (Lipinski definition) is 4. The molecule has 5 heteroatoms. The maximum absolute atomic E-state index is 10.9. The molecule has 2 rings (SSSR count). The molecule has 1 N–H and O–H groups in total. The lowest BCUT2D eigenvalue weighted by Crippen LogP contribution is -2.18. The SMILES string of the molecule is CC(NCc1ccoc1)c1ccccc1[N+](=O)[O-]. The van der Waals surface area contributed by atoms with E-state index in [1.807, 2.05) is 13.0 Å². The average molecular weight is 246 g/mol. The summed E-state index contributed by atoms with van der Waals surface area (Å²) >= 11 is 0. The monoisotopic (exact) mass is 246 g/mol. The molecule has 0 fully saturated rings. The summed E-state index contributed by atoms with van der Waals surface area (Å²) in [6, 6.07) is 8.53. The number of nitrogens with zero attached hydrogens (tertiary/aromatic N) is 1. The van der Waals surface area contributed by atoms with Gasteiger partial charge in [0.05, 0.1) is 17.4 Å². The summed E-state index contributed by atoms with van der Waals surface area (Å²) in [4.78, 5) is 10.6. The van der Waals surface area contributed by atoms with Gasteiger partial charge in [-0.25, -0.2) is 0 Å². The molecule has 0 saturated heterocycles. The summed E-state index contributed by atoms with van der Waals surface area (Å²) in [5.74, 6) is 0. The van der Waals surface area contributed by atoms with Crippen molar-refractivity contribution in [1.29, 1.82) is 0 Å². The summed E-state index contributed by atoms with van der Waals surface area (Å²) in [7, 11) is 0. The van der Waals surface area contributed by atoms with Gasteiger partial charge in [0.25, 0.3) is 5.69 Å². The Labute approximate surface area is 105 Å². The number of benzene rings is 1. The third-order valence-electron chi connectivity index (χ3n) is 2.79. The Balaban J connectivity index is 2.09. The van der Waals surface area contributed by atoms with E-state index < -0.39 is 0 Å². The minimum Gasteiger partial charge on any atom is -0.472 e. The standard InChI is InChI=1S/C13H14N2O3/c1-10(14-8-11-6-7-18-9-11)12-4-2-3-5-13(12)15(16)17/h2-7,9-10,14H,8H2,1H3. The Kier molecular flexibility index (Phi) is 3.74. The summed E-state index contributed by atoms with van der Waals surface area (Å²) in [6.45, 7) is 2.52. The van der Waals surface area contributed by atoms with E-state index in [-0.39, 0.29) is 16.7 Å². The number of nitrogens with one attached hydrogen (secondary N) is 1. The normalized spacial score (nSPS) is 12.3. The number of rotatable bonds is 5. The molecular formula is C13H14N2O3. The molecule has 0 saturated carbocycles. The third-order valence-corrected chi connectivity index (χ3v) is 2.79. The fourth-order valence-electron chi connectivity index (χ4n) is 1.79. The highest BCUT2D eigenvalue weighted by Gasteiger charge is 2.17. The molecule has 0 amide bonds. The van der Waals surface area contributed by atoms with Gasteiger partial charge in [0.15, 0.2) is 0 Å². The highest BCUT2D eigenvalue weighted by atomic mass is 16.6. The summed E-state index contributed by atoms with van der Waals surface area (Å²) < 4.78 is 4.97. The van der Waals surface area contributed by atoms with Gasteiger partial charge in [-0.2, -0.15) is 0 Å². The lowest BCUT2D eigenvalue weighted by Gasteiger charge is -2.13. The molecule has 0 aliphatic carbocycles. The molecule has 0 radical (unpaired) electrons. The fourth-order valence-corrected chi connectivity index (χ4v) is 1.79. The highest BCUT2D eigenvalue weighted by Crippen LogP contribution is 2.24. The summed E-state index contributed by atoms with van der Waals surface area (Å²) in [5.41, 5.74) is 1.84. The summed E-state index contributed by atoms with van der Waals surface area (Å²) in [5, 5.41) is 14.2. The molecule has 1 atom stereocenters. The van der Waals surface area contributed by atoms with E-state index in [0.29, 0.717) is 12.1 Å². The first-order valence-corrected chi connectivity index (χ1v) is 5.66. The van der Waals surface area contributed by atoms with Crippen molar-refractivity contribution in [2.45, 2.75) is 19.5 Å². The second-order valence-electron chi connectivity index (χ2n) is 4.05. The average Bonchev–Trinajstić information content (AvgIpc) is 2.89. The number of furan rings is 1. The van der Waals surface area contributed by atoms with Gasteiger partial charge in [-0.15, -0.1) is 0 Å². The maximum Gasteiger partial charge on any atom is 0.274 e. The number of nitro groups is 1. The topological polar surface area (TPSA) is 68.3 Å². The zero-order valence-corrected chi connectivity index (χ0v) is 10.00. The fraction of sp³-hybridized carbons (Fsp3) is 0.231.